The van der Waals surface area contributed by atoms with Crippen molar-refractivity contribution in [3.05, 3.63) is 11.5 Å². The third-order valence-electron chi connectivity index (χ3n) is 9.34. The lowest BCUT2D eigenvalue weighted by Crippen LogP contribution is -2.51. The molecule has 0 spiro atoms. The first-order valence-electron chi connectivity index (χ1n) is 15.8. The van der Waals surface area contributed by atoms with Crippen LogP contribution in [0.5, 0.6) is 0 Å². The van der Waals surface area contributed by atoms with E-state index in [0.29, 0.717) is 81.5 Å². The number of piperidine rings is 1. The third kappa shape index (κ3) is 7.52. The summed E-state index contributed by atoms with van der Waals surface area (Å²) >= 11 is 6.42. The zero-order valence-electron chi connectivity index (χ0n) is 26.2. The summed E-state index contributed by atoms with van der Waals surface area (Å²) in [6.07, 6.45) is 2.74. The molecule has 4 bridgehead atoms. The fourth-order valence-corrected chi connectivity index (χ4v) is 7.82. The Labute approximate surface area is 281 Å². The van der Waals surface area contributed by atoms with Crippen LogP contribution in [0.15, 0.2) is 6.20 Å². The minimum Gasteiger partial charge on any atom is -0.387 e. The van der Waals surface area contributed by atoms with Crippen LogP contribution < -0.4 is 4.90 Å². The first-order valence-corrected chi connectivity index (χ1v) is 18.0. The van der Waals surface area contributed by atoms with Gasteiger partial charge >= 0.3 is 7.60 Å². The number of hydrogen-bond acceptors (Lipinski definition) is 14. The lowest BCUT2D eigenvalue weighted by Gasteiger charge is -2.43. The van der Waals surface area contributed by atoms with Gasteiger partial charge in [0.05, 0.1) is 82.7 Å². The second kappa shape index (κ2) is 15.5. The van der Waals surface area contributed by atoms with Crippen LogP contribution in [0.4, 0.5) is 5.82 Å². The Morgan fingerprint density at radius 1 is 1.02 bits per heavy atom. The van der Waals surface area contributed by atoms with E-state index in [0.717, 1.165) is 19.4 Å². The molecule has 3 aliphatic carbocycles. The van der Waals surface area contributed by atoms with E-state index in [2.05, 4.69) is 25.9 Å². The van der Waals surface area contributed by atoms with Gasteiger partial charge in [0, 0.05) is 12.5 Å². The van der Waals surface area contributed by atoms with Crippen LogP contribution in [0.1, 0.15) is 19.1 Å². The van der Waals surface area contributed by atoms with E-state index in [1.54, 1.807) is 6.20 Å². The summed E-state index contributed by atoms with van der Waals surface area (Å²) in [5.74, 6) is 3.92. The number of nitrogens with zero attached hydrogens (tertiary/aromatic N) is 5. The average Bonchev–Trinajstić information content (AvgIpc) is 3.81. The van der Waals surface area contributed by atoms with E-state index in [9.17, 15) is 14.8 Å². The molecule has 0 radical (unpaired) electrons. The topological polar surface area (TPSA) is 209 Å². The molecule has 2 saturated heterocycles. The molecule has 2 aromatic heterocycles. The molecule has 48 heavy (non-hydrogen) atoms. The van der Waals surface area contributed by atoms with Crippen LogP contribution in [0.3, 0.4) is 0 Å². The first kappa shape index (κ1) is 35.8. The summed E-state index contributed by atoms with van der Waals surface area (Å²) < 4.78 is 51.6. The Morgan fingerprint density at radius 3 is 2.40 bits per heavy atom. The van der Waals surface area contributed by atoms with E-state index < -0.39 is 38.5 Å². The Bertz CT molecular complexity index is 1490. The van der Waals surface area contributed by atoms with Crippen molar-refractivity contribution < 1.29 is 57.7 Å². The molecule has 4 N–H and O–H groups in total. The number of aliphatic hydroxyl groups excluding tert-OH is 2. The molecule has 3 saturated carbocycles. The number of hydrogen-bond donors (Lipinski definition) is 4. The van der Waals surface area contributed by atoms with Gasteiger partial charge in [0.25, 0.3) is 0 Å². The van der Waals surface area contributed by atoms with Crippen LogP contribution in [0, 0.1) is 24.2 Å². The van der Waals surface area contributed by atoms with Crippen molar-refractivity contribution in [3.63, 3.8) is 0 Å². The number of rotatable bonds is 20. The summed E-state index contributed by atoms with van der Waals surface area (Å²) in [6.45, 7) is 4.30. The van der Waals surface area contributed by atoms with Crippen LogP contribution >= 0.6 is 19.2 Å². The van der Waals surface area contributed by atoms with Crippen molar-refractivity contribution in [2.24, 2.45) is 11.8 Å². The molecule has 2 aliphatic heterocycles. The van der Waals surface area contributed by atoms with Crippen LogP contribution in [0.25, 0.3) is 11.0 Å². The van der Waals surface area contributed by atoms with Crippen molar-refractivity contribution in [3.8, 4) is 12.3 Å². The molecule has 8 atom stereocenters. The van der Waals surface area contributed by atoms with Crippen molar-refractivity contribution in [2.45, 2.75) is 49.0 Å². The Kier molecular flexibility index (Phi) is 11.5. The van der Waals surface area contributed by atoms with E-state index in [1.165, 1.54) is 4.68 Å². The Hall–Kier alpha value is -2.01. The summed E-state index contributed by atoms with van der Waals surface area (Å²) in [7, 11) is -4.41. The summed E-state index contributed by atoms with van der Waals surface area (Å²) in [4.78, 5) is 29.2. The average molecular weight is 718 g/mol. The van der Waals surface area contributed by atoms with Gasteiger partial charge < -0.3 is 58.1 Å². The van der Waals surface area contributed by atoms with Crippen molar-refractivity contribution in [2.75, 3.05) is 83.9 Å². The number of aromatic nitrogens is 4. The molecule has 5 aliphatic rings. The summed E-state index contributed by atoms with van der Waals surface area (Å²) in [6, 6.07) is 0.0796. The Balaban J connectivity index is 1.00. The van der Waals surface area contributed by atoms with Crippen molar-refractivity contribution >= 4 is 36.0 Å². The fourth-order valence-electron chi connectivity index (χ4n) is 7.32. The lowest BCUT2D eigenvalue weighted by molar-refractivity contribution is -0.135. The standard InChI is InChI=1S/C29H41ClN5O12P/c1-2-3-41-4-5-42-6-7-43-8-9-44-10-11-46-29-13-18-12-22(29)34(15-20(18)29)25-19-14-31-35(26(19)33-28(30)32-25)27-24(37)23(36)21(47-27)16-45-17-48(38,39)40/h1,14,18,20-24,27,36-37H,3-13,15-17H2,(H2,38,39,40)/t18?,20-,21+,22?,23+,24+,27+,29+/m0/s1. The van der Waals surface area contributed by atoms with E-state index in [-0.39, 0.29) is 30.1 Å². The van der Waals surface area contributed by atoms with Crippen molar-refractivity contribution in [1.29, 1.82) is 0 Å². The van der Waals surface area contributed by atoms with Gasteiger partial charge in [0.2, 0.25) is 5.28 Å². The number of anilines is 1. The second-order valence-electron chi connectivity index (χ2n) is 12.2. The summed E-state index contributed by atoms with van der Waals surface area (Å²) in [5.41, 5.74) is 0.000153. The highest BCUT2D eigenvalue weighted by molar-refractivity contribution is 7.51. The molecule has 0 aromatic carbocycles. The van der Waals surface area contributed by atoms with Gasteiger partial charge in [-0.15, -0.1) is 6.42 Å². The molecular weight excluding hydrogens is 677 g/mol. The molecule has 4 heterocycles. The third-order valence-corrected chi connectivity index (χ3v) is 10.0. The zero-order valence-corrected chi connectivity index (χ0v) is 27.9. The zero-order chi connectivity index (χ0) is 33.9. The summed E-state index contributed by atoms with van der Waals surface area (Å²) in [5, 5.41) is 26.3. The van der Waals surface area contributed by atoms with Gasteiger partial charge in [0.15, 0.2) is 11.9 Å². The van der Waals surface area contributed by atoms with Gasteiger partial charge in [-0.1, -0.05) is 5.92 Å². The normalized spacial score (nSPS) is 30.8. The number of terminal acetylenes is 1. The molecule has 2 aromatic rings. The van der Waals surface area contributed by atoms with Crippen LogP contribution in [-0.4, -0.2) is 149 Å². The van der Waals surface area contributed by atoms with Gasteiger partial charge in [0.1, 0.15) is 37.1 Å². The predicted octanol–water partition coefficient (Wildman–Crippen LogP) is -0.0659. The highest BCUT2D eigenvalue weighted by atomic mass is 35.5. The molecule has 17 nitrogen and oxygen atoms in total. The largest absolute Gasteiger partial charge is 0.387 e. The van der Waals surface area contributed by atoms with Gasteiger partial charge in [-0.05, 0) is 30.4 Å². The smallest absolute Gasteiger partial charge is 0.350 e. The fraction of sp³-hybridized carbons (Fsp3) is 0.759. The van der Waals surface area contributed by atoms with E-state index in [4.69, 9.17) is 61.0 Å². The minimum absolute atomic E-state index is 0.0184. The number of ether oxygens (including phenoxy) is 7. The first-order chi connectivity index (χ1) is 23.1. The molecular formula is C29H41ClN5O12P. The molecule has 2 unspecified atom stereocenters. The maximum Gasteiger partial charge on any atom is 0.350 e. The lowest BCUT2D eigenvalue weighted by atomic mass is 9.69. The van der Waals surface area contributed by atoms with Crippen LogP contribution in [0.2, 0.25) is 5.28 Å². The molecule has 5 fully saturated rings. The quantitative estimate of drug-likeness (QED) is 0.0612. The highest BCUT2D eigenvalue weighted by Gasteiger charge is 2.72. The second-order valence-corrected chi connectivity index (χ2v) is 14.2. The van der Waals surface area contributed by atoms with E-state index >= 15 is 0 Å². The molecule has 0 amide bonds. The van der Waals surface area contributed by atoms with Crippen LogP contribution in [-0.2, 0) is 37.7 Å². The molecule has 7 rings (SSSR count). The maximum absolute atomic E-state index is 11.1. The number of aliphatic hydroxyl groups is 2. The number of fused-ring (bicyclic) bond motifs is 1. The predicted molar refractivity (Wildman–Crippen MR) is 167 cm³/mol. The monoisotopic (exact) mass is 717 g/mol. The maximum atomic E-state index is 11.1. The SMILES string of the molecule is C#CCOCCOCCOCCOCCO[C@@]12CC3CC1N(c1nc(Cl)nc4c1cnn4[C@@H]1O[C@H](COCP(=O)(O)O)[C@@H](O)[C@H]1O)C[C@@H]32. The van der Waals surface area contributed by atoms with E-state index in [1.807, 2.05) is 0 Å². The van der Waals surface area contributed by atoms with Gasteiger partial charge in [-0.3, -0.25) is 4.57 Å². The van der Waals surface area contributed by atoms with Gasteiger partial charge in [-0.25, -0.2) is 4.68 Å². The van der Waals surface area contributed by atoms with Crippen molar-refractivity contribution in [1.82, 2.24) is 19.7 Å². The number of halogens is 1. The highest BCUT2D eigenvalue weighted by Crippen LogP contribution is 2.65. The molecule has 19 heteroatoms. The Morgan fingerprint density at radius 2 is 1.71 bits per heavy atom. The molecule has 266 valence electrons. The van der Waals surface area contributed by atoms with Gasteiger partial charge in [-0.2, -0.15) is 15.1 Å². The minimum atomic E-state index is -4.41.